The Morgan fingerprint density at radius 1 is 1.10 bits per heavy atom. The number of hydrogen-bond acceptors (Lipinski definition) is 3. The Labute approximate surface area is 123 Å². The first-order valence-electron chi connectivity index (χ1n) is 6.55. The molecule has 0 spiro atoms. The van der Waals surface area contributed by atoms with Gasteiger partial charge in [0.15, 0.2) is 0 Å². The van der Waals surface area contributed by atoms with Crippen LogP contribution in [-0.2, 0) is 13.1 Å². The predicted octanol–water partition coefficient (Wildman–Crippen LogP) is 2.34. The summed E-state index contributed by atoms with van der Waals surface area (Å²) in [7, 11) is 0. The average Bonchev–Trinajstić information content (AvgIpc) is 2.54. The first-order valence-corrected chi connectivity index (χ1v) is 6.55. The molecule has 0 radical (unpaired) electrons. The Balaban J connectivity index is 1.91. The molecule has 0 fully saturated rings. The molecule has 2 rings (SSSR count). The lowest BCUT2D eigenvalue weighted by Crippen LogP contribution is -2.28. The SMILES string of the molecule is N#Cc1ccc(NC(=O)NCc2ccccc2CN)cc1. The molecular weight excluding hydrogens is 264 g/mol. The molecule has 5 heteroatoms. The maximum atomic E-state index is 11.8. The van der Waals surface area contributed by atoms with E-state index in [0.29, 0.717) is 24.3 Å². The lowest BCUT2D eigenvalue weighted by atomic mass is 10.1. The van der Waals surface area contributed by atoms with Crippen molar-refractivity contribution >= 4 is 11.7 Å². The summed E-state index contributed by atoms with van der Waals surface area (Å²) in [5.74, 6) is 0. The summed E-state index contributed by atoms with van der Waals surface area (Å²) < 4.78 is 0. The smallest absolute Gasteiger partial charge is 0.319 e. The molecule has 2 aromatic rings. The summed E-state index contributed by atoms with van der Waals surface area (Å²) in [4.78, 5) is 11.8. The predicted molar refractivity (Wildman–Crippen MR) is 81.3 cm³/mol. The molecule has 21 heavy (non-hydrogen) atoms. The Bertz CT molecular complexity index is 659. The van der Waals surface area contributed by atoms with Gasteiger partial charge in [-0.2, -0.15) is 5.26 Å². The van der Waals surface area contributed by atoms with E-state index in [0.717, 1.165) is 11.1 Å². The van der Waals surface area contributed by atoms with E-state index in [9.17, 15) is 4.79 Å². The highest BCUT2D eigenvalue weighted by Gasteiger charge is 2.04. The number of nitrogens with two attached hydrogens (primary N) is 1. The van der Waals surface area contributed by atoms with Gasteiger partial charge in [-0.1, -0.05) is 24.3 Å². The van der Waals surface area contributed by atoms with Gasteiger partial charge in [-0.3, -0.25) is 0 Å². The first kappa shape index (κ1) is 14.6. The molecular formula is C16H16N4O. The van der Waals surface area contributed by atoms with Crippen LogP contribution >= 0.6 is 0 Å². The van der Waals surface area contributed by atoms with Crippen molar-refractivity contribution in [3.05, 3.63) is 65.2 Å². The van der Waals surface area contributed by atoms with Gasteiger partial charge in [-0.05, 0) is 35.4 Å². The van der Waals surface area contributed by atoms with E-state index in [1.165, 1.54) is 0 Å². The van der Waals surface area contributed by atoms with Crippen LogP contribution in [0.3, 0.4) is 0 Å². The number of urea groups is 1. The molecule has 2 aromatic carbocycles. The zero-order valence-electron chi connectivity index (χ0n) is 11.5. The van der Waals surface area contributed by atoms with Crippen molar-refractivity contribution in [2.24, 2.45) is 5.73 Å². The van der Waals surface area contributed by atoms with Crippen molar-refractivity contribution < 1.29 is 4.79 Å². The quantitative estimate of drug-likeness (QED) is 0.802. The fraction of sp³-hybridized carbons (Fsp3) is 0.125. The lowest BCUT2D eigenvalue weighted by molar-refractivity contribution is 0.251. The summed E-state index contributed by atoms with van der Waals surface area (Å²) in [6.45, 7) is 0.852. The van der Waals surface area contributed by atoms with Crippen molar-refractivity contribution in [2.45, 2.75) is 13.1 Å². The van der Waals surface area contributed by atoms with Gasteiger partial charge < -0.3 is 16.4 Å². The van der Waals surface area contributed by atoms with Crippen molar-refractivity contribution in [3.63, 3.8) is 0 Å². The van der Waals surface area contributed by atoms with Crippen molar-refractivity contribution in [1.82, 2.24) is 5.32 Å². The molecule has 0 aliphatic heterocycles. The van der Waals surface area contributed by atoms with Crippen LogP contribution in [0.15, 0.2) is 48.5 Å². The van der Waals surface area contributed by atoms with Crippen LogP contribution in [0.1, 0.15) is 16.7 Å². The second-order valence-corrected chi connectivity index (χ2v) is 4.47. The summed E-state index contributed by atoms with van der Waals surface area (Å²) in [6.07, 6.45) is 0. The molecule has 0 bridgehead atoms. The van der Waals surface area contributed by atoms with E-state index in [4.69, 9.17) is 11.0 Å². The minimum Gasteiger partial charge on any atom is -0.334 e. The maximum Gasteiger partial charge on any atom is 0.319 e. The zero-order chi connectivity index (χ0) is 15.1. The number of nitrogens with one attached hydrogen (secondary N) is 2. The van der Waals surface area contributed by atoms with Crippen molar-refractivity contribution in [3.8, 4) is 6.07 Å². The van der Waals surface area contributed by atoms with E-state index < -0.39 is 0 Å². The van der Waals surface area contributed by atoms with Gasteiger partial charge in [-0.15, -0.1) is 0 Å². The van der Waals surface area contributed by atoms with E-state index >= 15 is 0 Å². The second kappa shape index (κ2) is 7.08. The number of hydrogen-bond donors (Lipinski definition) is 3. The van der Waals surface area contributed by atoms with Crippen LogP contribution in [0.25, 0.3) is 0 Å². The monoisotopic (exact) mass is 280 g/mol. The minimum atomic E-state index is -0.300. The van der Waals surface area contributed by atoms with Crippen molar-refractivity contribution in [2.75, 3.05) is 5.32 Å². The van der Waals surface area contributed by atoms with Crippen molar-refractivity contribution in [1.29, 1.82) is 5.26 Å². The number of rotatable bonds is 4. The molecule has 0 saturated carbocycles. The molecule has 2 amide bonds. The van der Waals surface area contributed by atoms with Crippen LogP contribution in [0.2, 0.25) is 0 Å². The van der Waals surface area contributed by atoms with Crippen LogP contribution in [0.5, 0.6) is 0 Å². The van der Waals surface area contributed by atoms with Crippen LogP contribution in [-0.4, -0.2) is 6.03 Å². The highest BCUT2D eigenvalue weighted by Crippen LogP contribution is 2.09. The molecule has 4 N–H and O–H groups in total. The molecule has 0 aromatic heterocycles. The normalized spacial score (nSPS) is 9.71. The largest absolute Gasteiger partial charge is 0.334 e. The number of nitriles is 1. The van der Waals surface area contributed by atoms with Gasteiger partial charge >= 0.3 is 6.03 Å². The van der Waals surface area contributed by atoms with E-state index in [-0.39, 0.29) is 6.03 Å². The van der Waals surface area contributed by atoms with E-state index in [1.807, 2.05) is 30.3 Å². The Hall–Kier alpha value is -2.84. The third-order valence-electron chi connectivity index (χ3n) is 3.05. The number of anilines is 1. The number of carbonyl (C=O) groups excluding carboxylic acids is 1. The Kier molecular flexibility index (Phi) is 4.91. The average molecular weight is 280 g/mol. The van der Waals surface area contributed by atoms with Crippen LogP contribution in [0.4, 0.5) is 10.5 Å². The number of benzene rings is 2. The highest BCUT2D eigenvalue weighted by molar-refractivity contribution is 5.89. The lowest BCUT2D eigenvalue weighted by Gasteiger charge is -2.10. The number of carbonyl (C=O) groups is 1. The van der Waals surface area contributed by atoms with Gasteiger partial charge in [0, 0.05) is 18.8 Å². The summed E-state index contributed by atoms with van der Waals surface area (Å²) in [6, 6.07) is 16.1. The fourth-order valence-electron chi connectivity index (χ4n) is 1.91. The minimum absolute atomic E-state index is 0.300. The summed E-state index contributed by atoms with van der Waals surface area (Å²) in [5.41, 5.74) is 8.85. The van der Waals surface area contributed by atoms with Gasteiger partial charge in [0.25, 0.3) is 0 Å². The van der Waals surface area contributed by atoms with Crippen LogP contribution < -0.4 is 16.4 Å². The van der Waals surface area contributed by atoms with E-state index in [2.05, 4.69) is 10.6 Å². The first-order chi connectivity index (χ1) is 10.2. The Morgan fingerprint density at radius 2 is 1.76 bits per heavy atom. The van der Waals surface area contributed by atoms with Gasteiger partial charge in [0.05, 0.1) is 11.6 Å². The molecule has 0 saturated heterocycles. The fourth-order valence-corrected chi connectivity index (χ4v) is 1.91. The van der Waals surface area contributed by atoms with Gasteiger partial charge in [0.1, 0.15) is 0 Å². The number of amides is 2. The molecule has 0 heterocycles. The highest BCUT2D eigenvalue weighted by atomic mass is 16.2. The third kappa shape index (κ3) is 4.06. The summed E-state index contributed by atoms with van der Waals surface area (Å²) in [5, 5.41) is 14.2. The standard InChI is InChI=1S/C16H16N4O/c17-9-12-5-7-15(8-6-12)20-16(21)19-11-14-4-2-1-3-13(14)10-18/h1-8H,10-11,18H2,(H2,19,20,21). The topological polar surface area (TPSA) is 90.9 Å². The molecule has 0 aliphatic carbocycles. The number of nitrogens with zero attached hydrogens (tertiary/aromatic N) is 1. The molecule has 0 atom stereocenters. The molecule has 0 aliphatic rings. The zero-order valence-corrected chi connectivity index (χ0v) is 11.5. The molecule has 106 valence electrons. The maximum absolute atomic E-state index is 11.8. The third-order valence-corrected chi connectivity index (χ3v) is 3.05. The van der Waals surface area contributed by atoms with E-state index in [1.54, 1.807) is 24.3 Å². The van der Waals surface area contributed by atoms with Gasteiger partial charge in [0.2, 0.25) is 0 Å². The Morgan fingerprint density at radius 3 is 2.38 bits per heavy atom. The molecule has 0 unspecified atom stereocenters. The second-order valence-electron chi connectivity index (χ2n) is 4.47. The van der Waals surface area contributed by atoms with Crippen LogP contribution in [0, 0.1) is 11.3 Å². The molecule has 5 nitrogen and oxygen atoms in total. The summed E-state index contributed by atoms with van der Waals surface area (Å²) >= 11 is 0. The van der Waals surface area contributed by atoms with Gasteiger partial charge in [-0.25, -0.2) is 4.79 Å².